The van der Waals surface area contributed by atoms with Crippen molar-refractivity contribution >= 4 is 17.9 Å². The molecular formula is C22H39O7-3. The van der Waals surface area contributed by atoms with E-state index < -0.39 is 30.4 Å². The van der Waals surface area contributed by atoms with Gasteiger partial charge in [-0.25, -0.2) is 0 Å². The van der Waals surface area contributed by atoms with Crippen molar-refractivity contribution in [2.75, 3.05) is 0 Å². The van der Waals surface area contributed by atoms with Crippen LogP contribution in [0.2, 0.25) is 0 Å². The number of carboxylic acid groups (broad SMARTS) is 3. The molecular weight excluding hydrogens is 376 g/mol. The lowest BCUT2D eigenvalue weighted by atomic mass is 10.0. The molecule has 172 valence electrons. The summed E-state index contributed by atoms with van der Waals surface area (Å²) in [5.41, 5.74) is 0. The van der Waals surface area contributed by atoms with Crippen LogP contribution in [0, 0.1) is 0 Å². The summed E-state index contributed by atoms with van der Waals surface area (Å²) in [5, 5.41) is 37.6. The van der Waals surface area contributed by atoms with Crippen molar-refractivity contribution in [1.29, 1.82) is 0 Å². The first kappa shape index (κ1) is 29.6. The summed E-state index contributed by atoms with van der Waals surface area (Å²) in [6, 6.07) is 0. The van der Waals surface area contributed by atoms with Crippen molar-refractivity contribution in [2.24, 2.45) is 0 Å². The van der Waals surface area contributed by atoms with Gasteiger partial charge in [-0.1, -0.05) is 96.8 Å². The van der Waals surface area contributed by atoms with Gasteiger partial charge in [0.2, 0.25) is 0 Å². The van der Waals surface area contributed by atoms with E-state index in [-0.39, 0.29) is 6.42 Å². The Morgan fingerprint density at radius 2 is 0.966 bits per heavy atom. The number of aliphatic carboxylic acids is 3. The molecule has 0 bridgehead atoms. The summed E-state index contributed by atoms with van der Waals surface area (Å²) in [6.45, 7) is 2.27. The van der Waals surface area contributed by atoms with Gasteiger partial charge in [0.25, 0.3) is 0 Å². The Morgan fingerprint density at radius 3 is 1.21 bits per heavy atom. The van der Waals surface area contributed by atoms with Gasteiger partial charge in [0.05, 0.1) is 12.1 Å². The van der Waals surface area contributed by atoms with E-state index in [1.807, 2.05) is 0 Å². The zero-order chi connectivity index (χ0) is 22.3. The fourth-order valence-corrected chi connectivity index (χ4v) is 2.88. The Hall–Kier alpha value is -1.63. The second kappa shape index (κ2) is 22.7. The molecule has 7 heteroatoms. The van der Waals surface area contributed by atoms with E-state index in [1.54, 1.807) is 0 Å². The summed E-state index contributed by atoms with van der Waals surface area (Å²) >= 11 is 0. The maximum atomic E-state index is 10.2. The summed E-state index contributed by atoms with van der Waals surface area (Å²) in [5.74, 6) is -4.33. The lowest BCUT2D eigenvalue weighted by molar-refractivity contribution is -0.323. The lowest BCUT2D eigenvalue weighted by Crippen LogP contribution is -2.39. The van der Waals surface area contributed by atoms with Crippen LogP contribution in [-0.2, 0) is 14.4 Å². The number of carbonyl (C=O) groups is 3. The van der Waals surface area contributed by atoms with Gasteiger partial charge in [0.1, 0.15) is 0 Å². The van der Waals surface area contributed by atoms with Crippen LogP contribution < -0.4 is 15.3 Å². The zero-order valence-electron chi connectivity index (χ0n) is 18.0. The number of rotatable bonds is 19. The molecule has 1 unspecified atom stereocenters. The van der Waals surface area contributed by atoms with E-state index in [2.05, 4.69) is 6.92 Å². The molecule has 0 aliphatic carbocycles. The third kappa shape index (κ3) is 28.7. The zero-order valence-corrected chi connectivity index (χ0v) is 18.0. The smallest absolute Gasteiger partial charge is 0.0985 e. The molecule has 0 saturated carbocycles. The summed E-state index contributed by atoms with van der Waals surface area (Å²) in [7, 11) is 0. The third-order valence-corrected chi connectivity index (χ3v) is 4.62. The fraction of sp³-hybridized carbons (Fsp3) is 0.864. The van der Waals surface area contributed by atoms with Crippen molar-refractivity contribution in [1.82, 2.24) is 0 Å². The number of unbranched alkanes of at least 4 members (excludes halogenated alkanes) is 14. The van der Waals surface area contributed by atoms with Gasteiger partial charge >= 0.3 is 0 Å². The minimum absolute atomic E-state index is 0.234. The summed E-state index contributed by atoms with van der Waals surface area (Å²) in [6.07, 6.45) is 17.0. The standard InChI is InChI=1S/C18H36O2.C4H6O5/c1-2-3-4-5-6-7-8-9-10-11-12-13-14-15-16-17-18(19)20;5-2(4(8)9)1-3(6)7/h2-17H2,1H3,(H,19,20);2,5H,1H2,(H,6,7)(H,8,9)/p-3. The van der Waals surface area contributed by atoms with Crippen molar-refractivity contribution in [3.8, 4) is 0 Å². The molecule has 7 nitrogen and oxygen atoms in total. The van der Waals surface area contributed by atoms with E-state index in [1.165, 1.54) is 83.5 Å². The van der Waals surface area contributed by atoms with Crippen molar-refractivity contribution < 1.29 is 34.8 Å². The van der Waals surface area contributed by atoms with Gasteiger partial charge in [-0.3, -0.25) is 0 Å². The minimum Gasteiger partial charge on any atom is -0.550 e. The van der Waals surface area contributed by atoms with Gasteiger partial charge in [-0.2, -0.15) is 0 Å². The van der Waals surface area contributed by atoms with Gasteiger partial charge in [0, 0.05) is 18.4 Å². The molecule has 0 aromatic heterocycles. The van der Waals surface area contributed by atoms with E-state index in [0.717, 1.165) is 12.8 Å². The molecule has 1 N–H and O–H groups in total. The van der Waals surface area contributed by atoms with Crippen LogP contribution in [0.25, 0.3) is 0 Å². The lowest BCUT2D eigenvalue weighted by Gasteiger charge is -2.10. The molecule has 0 saturated heterocycles. The molecule has 0 aromatic rings. The Kier molecular flexibility index (Phi) is 23.1. The van der Waals surface area contributed by atoms with Crippen LogP contribution in [0.4, 0.5) is 0 Å². The van der Waals surface area contributed by atoms with Gasteiger partial charge in [-0.05, 0) is 12.8 Å². The highest BCUT2D eigenvalue weighted by Crippen LogP contribution is 2.13. The molecule has 1 atom stereocenters. The minimum atomic E-state index is -1.96. The molecule has 0 fully saturated rings. The first-order valence-electron chi connectivity index (χ1n) is 11.1. The van der Waals surface area contributed by atoms with Crippen LogP contribution in [0.3, 0.4) is 0 Å². The number of aliphatic hydroxyl groups is 1. The number of carboxylic acids is 3. The van der Waals surface area contributed by atoms with Crippen molar-refractivity contribution in [3.63, 3.8) is 0 Å². The molecule has 0 aliphatic heterocycles. The molecule has 0 aromatic carbocycles. The SMILES string of the molecule is CCCCCCCCCCCCCCCCCC(=O)[O-].O=C([O-])CC(O)C(=O)[O-]. The Labute approximate surface area is 175 Å². The van der Waals surface area contributed by atoms with Crippen LogP contribution >= 0.6 is 0 Å². The summed E-state index contributed by atoms with van der Waals surface area (Å²) in [4.78, 5) is 29.4. The van der Waals surface area contributed by atoms with E-state index in [9.17, 15) is 29.7 Å². The predicted molar refractivity (Wildman–Crippen MR) is 105 cm³/mol. The highest BCUT2D eigenvalue weighted by molar-refractivity contribution is 5.77. The molecule has 0 spiro atoms. The monoisotopic (exact) mass is 415 g/mol. The molecule has 0 amide bonds. The number of aliphatic hydroxyl groups excluding tert-OH is 1. The molecule has 0 radical (unpaired) electrons. The quantitative estimate of drug-likeness (QED) is 0.313. The highest BCUT2D eigenvalue weighted by atomic mass is 16.4. The predicted octanol–water partition coefficient (Wildman–Crippen LogP) is 1.24. The summed E-state index contributed by atoms with van der Waals surface area (Å²) < 4.78 is 0. The van der Waals surface area contributed by atoms with Crippen LogP contribution in [0.1, 0.15) is 116 Å². The average Bonchev–Trinajstić information content (AvgIpc) is 2.64. The fourth-order valence-electron chi connectivity index (χ4n) is 2.88. The number of hydrogen-bond donors (Lipinski definition) is 1. The molecule has 0 rings (SSSR count). The van der Waals surface area contributed by atoms with E-state index >= 15 is 0 Å². The van der Waals surface area contributed by atoms with Gasteiger partial charge in [-0.15, -0.1) is 0 Å². The average molecular weight is 416 g/mol. The van der Waals surface area contributed by atoms with Crippen LogP contribution in [0.5, 0.6) is 0 Å². The topological polar surface area (TPSA) is 141 Å². The largest absolute Gasteiger partial charge is 0.550 e. The second-order valence-corrected chi connectivity index (χ2v) is 7.48. The first-order valence-corrected chi connectivity index (χ1v) is 11.1. The number of hydrogen-bond acceptors (Lipinski definition) is 7. The second-order valence-electron chi connectivity index (χ2n) is 7.48. The van der Waals surface area contributed by atoms with Crippen molar-refractivity contribution in [2.45, 2.75) is 122 Å². The van der Waals surface area contributed by atoms with Crippen LogP contribution in [0.15, 0.2) is 0 Å². The third-order valence-electron chi connectivity index (χ3n) is 4.62. The Morgan fingerprint density at radius 1 is 0.621 bits per heavy atom. The molecule has 0 aliphatic rings. The highest BCUT2D eigenvalue weighted by Gasteiger charge is 2.03. The van der Waals surface area contributed by atoms with Crippen molar-refractivity contribution in [3.05, 3.63) is 0 Å². The Bertz CT molecular complexity index is 410. The molecule has 0 heterocycles. The normalized spacial score (nSPS) is 11.4. The Balaban J connectivity index is 0. The van der Waals surface area contributed by atoms with Gasteiger partial charge in [0.15, 0.2) is 0 Å². The molecule has 29 heavy (non-hydrogen) atoms. The maximum Gasteiger partial charge on any atom is 0.0985 e. The first-order chi connectivity index (χ1) is 13.8. The van der Waals surface area contributed by atoms with Gasteiger partial charge < -0.3 is 34.8 Å². The van der Waals surface area contributed by atoms with E-state index in [0.29, 0.717) is 0 Å². The number of carbonyl (C=O) groups excluding carboxylic acids is 3. The van der Waals surface area contributed by atoms with E-state index in [4.69, 9.17) is 5.11 Å². The van der Waals surface area contributed by atoms with Crippen LogP contribution in [-0.4, -0.2) is 29.1 Å². The maximum absolute atomic E-state index is 10.2.